The molecular formula is C18H17N3O3S. The number of benzene rings is 1. The van der Waals surface area contributed by atoms with Gasteiger partial charge in [0.25, 0.3) is 0 Å². The van der Waals surface area contributed by atoms with Gasteiger partial charge < -0.3 is 15.1 Å². The highest BCUT2D eigenvalue weighted by molar-refractivity contribution is 7.10. The van der Waals surface area contributed by atoms with Gasteiger partial charge in [-0.1, -0.05) is 18.2 Å². The van der Waals surface area contributed by atoms with Crippen LogP contribution in [0.1, 0.15) is 24.3 Å². The lowest BCUT2D eigenvalue weighted by molar-refractivity contribution is -0.120. The van der Waals surface area contributed by atoms with Crippen LogP contribution in [0.15, 0.2) is 58.8 Å². The summed E-state index contributed by atoms with van der Waals surface area (Å²) >= 11 is 1.51. The van der Waals surface area contributed by atoms with Crippen LogP contribution in [0.5, 0.6) is 0 Å². The van der Waals surface area contributed by atoms with Gasteiger partial charge in [0.15, 0.2) is 12.2 Å². The third-order valence-electron chi connectivity index (χ3n) is 3.52. The fraction of sp³-hybridized carbons (Fsp3) is 0.167. The standard InChI is InChI=1S/C18H17N3O3S/c1-12(22)20-15(17-6-3-7-25-17)9-18(23)21-14-5-2-4-13(8-14)16-10-19-11-24-16/h2-8,10-11,15H,9H2,1H3,(H,20,22)(H,21,23). The third-order valence-corrected chi connectivity index (χ3v) is 4.50. The van der Waals surface area contributed by atoms with Crippen LogP contribution in [0.3, 0.4) is 0 Å². The van der Waals surface area contributed by atoms with E-state index in [0.29, 0.717) is 11.4 Å². The van der Waals surface area contributed by atoms with E-state index in [1.54, 1.807) is 12.3 Å². The zero-order valence-corrected chi connectivity index (χ0v) is 14.4. The number of carbonyl (C=O) groups is 2. The molecule has 3 aromatic rings. The number of rotatable bonds is 6. The Morgan fingerprint density at radius 2 is 2.16 bits per heavy atom. The Morgan fingerprint density at radius 1 is 1.28 bits per heavy atom. The highest BCUT2D eigenvalue weighted by atomic mass is 32.1. The number of amides is 2. The SMILES string of the molecule is CC(=O)NC(CC(=O)Nc1cccc(-c2cnco2)c1)c1cccs1. The summed E-state index contributed by atoms with van der Waals surface area (Å²) in [5.74, 6) is 0.284. The lowest BCUT2D eigenvalue weighted by Gasteiger charge is -2.16. The fourth-order valence-electron chi connectivity index (χ4n) is 2.46. The Balaban J connectivity index is 1.69. The molecular weight excluding hydrogens is 338 g/mol. The van der Waals surface area contributed by atoms with Gasteiger partial charge >= 0.3 is 0 Å². The molecule has 1 unspecified atom stereocenters. The topological polar surface area (TPSA) is 84.2 Å². The molecule has 1 atom stereocenters. The van der Waals surface area contributed by atoms with Crippen LogP contribution in [0.25, 0.3) is 11.3 Å². The molecule has 2 aromatic heterocycles. The first-order valence-corrected chi connectivity index (χ1v) is 8.59. The molecule has 0 aliphatic carbocycles. The van der Waals surface area contributed by atoms with Gasteiger partial charge in [-0.3, -0.25) is 9.59 Å². The molecule has 0 spiro atoms. The smallest absolute Gasteiger partial charge is 0.226 e. The molecule has 0 radical (unpaired) electrons. The Kier molecular flexibility index (Phi) is 5.25. The van der Waals surface area contributed by atoms with E-state index < -0.39 is 0 Å². The molecule has 0 aliphatic rings. The van der Waals surface area contributed by atoms with E-state index in [4.69, 9.17) is 4.42 Å². The average molecular weight is 355 g/mol. The summed E-state index contributed by atoms with van der Waals surface area (Å²) in [5.41, 5.74) is 1.48. The molecule has 0 saturated heterocycles. The van der Waals surface area contributed by atoms with Gasteiger partial charge in [0.2, 0.25) is 11.8 Å². The van der Waals surface area contributed by atoms with E-state index in [1.807, 2.05) is 35.7 Å². The summed E-state index contributed by atoms with van der Waals surface area (Å²) in [5, 5.41) is 7.60. The van der Waals surface area contributed by atoms with Gasteiger partial charge in [0.05, 0.1) is 18.7 Å². The van der Waals surface area contributed by atoms with Gasteiger partial charge in [0.1, 0.15) is 0 Å². The molecule has 2 heterocycles. The lowest BCUT2D eigenvalue weighted by Crippen LogP contribution is -2.29. The van der Waals surface area contributed by atoms with Crippen molar-refractivity contribution in [3.05, 3.63) is 59.2 Å². The summed E-state index contributed by atoms with van der Waals surface area (Å²) < 4.78 is 5.27. The van der Waals surface area contributed by atoms with Crippen molar-refractivity contribution < 1.29 is 14.0 Å². The molecule has 0 saturated carbocycles. The van der Waals surface area contributed by atoms with Gasteiger partial charge in [-0.2, -0.15) is 0 Å². The first-order chi connectivity index (χ1) is 12.1. The van der Waals surface area contributed by atoms with Gasteiger partial charge in [-0.25, -0.2) is 4.98 Å². The maximum Gasteiger partial charge on any atom is 0.226 e. The minimum absolute atomic E-state index is 0.159. The number of thiophene rings is 1. The van der Waals surface area contributed by atoms with Crippen LogP contribution in [-0.2, 0) is 9.59 Å². The van der Waals surface area contributed by atoms with Crippen molar-refractivity contribution in [1.82, 2.24) is 10.3 Å². The fourth-order valence-corrected chi connectivity index (χ4v) is 3.24. The van der Waals surface area contributed by atoms with E-state index in [2.05, 4.69) is 15.6 Å². The minimum Gasteiger partial charge on any atom is -0.444 e. The molecule has 0 fully saturated rings. The van der Waals surface area contributed by atoms with Crippen molar-refractivity contribution in [3.8, 4) is 11.3 Å². The van der Waals surface area contributed by atoms with Gasteiger partial charge in [-0.15, -0.1) is 11.3 Å². The van der Waals surface area contributed by atoms with Crippen molar-refractivity contribution in [2.45, 2.75) is 19.4 Å². The maximum absolute atomic E-state index is 12.4. The normalized spacial score (nSPS) is 11.7. The number of oxazole rings is 1. The van der Waals surface area contributed by atoms with E-state index >= 15 is 0 Å². The average Bonchev–Trinajstić information content (AvgIpc) is 3.28. The molecule has 2 amide bonds. The predicted molar refractivity (Wildman–Crippen MR) is 96.1 cm³/mol. The molecule has 25 heavy (non-hydrogen) atoms. The molecule has 2 N–H and O–H groups in total. The van der Waals surface area contributed by atoms with Crippen LogP contribution in [0.4, 0.5) is 5.69 Å². The Morgan fingerprint density at radius 3 is 2.84 bits per heavy atom. The Bertz CT molecular complexity index is 844. The highest BCUT2D eigenvalue weighted by Crippen LogP contribution is 2.24. The monoisotopic (exact) mass is 355 g/mol. The molecule has 128 valence electrons. The number of anilines is 1. The number of nitrogens with one attached hydrogen (secondary N) is 2. The molecule has 0 aliphatic heterocycles. The quantitative estimate of drug-likeness (QED) is 0.707. The summed E-state index contributed by atoms with van der Waals surface area (Å²) in [7, 11) is 0. The summed E-state index contributed by atoms with van der Waals surface area (Å²) in [6, 6.07) is 10.8. The number of hydrogen-bond donors (Lipinski definition) is 2. The Labute approximate surface area is 148 Å². The van der Waals surface area contributed by atoms with Crippen LogP contribution < -0.4 is 10.6 Å². The molecule has 3 rings (SSSR count). The van der Waals surface area contributed by atoms with Crippen LogP contribution in [-0.4, -0.2) is 16.8 Å². The number of hydrogen-bond acceptors (Lipinski definition) is 5. The van der Waals surface area contributed by atoms with Crippen molar-refractivity contribution >= 4 is 28.8 Å². The van der Waals surface area contributed by atoms with Crippen molar-refractivity contribution in [3.63, 3.8) is 0 Å². The van der Waals surface area contributed by atoms with Crippen LogP contribution in [0, 0.1) is 0 Å². The maximum atomic E-state index is 12.4. The summed E-state index contributed by atoms with van der Waals surface area (Å²) in [6.45, 7) is 1.44. The summed E-state index contributed by atoms with van der Waals surface area (Å²) in [4.78, 5) is 28.7. The van der Waals surface area contributed by atoms with E-state index in [9.17, 15) is 9.59 Å². The van der Waals surface area contributed by atoms with E-state index in [-0.39, 0.29) is 24.3 Å². The number of aromatic nitrogens is 1. The number of nitrogens with zero attached hydrogens (tertiary/aromatic N) is 1. The molecule has 7 heteroatoms. The van der Waals surface area contributed by atoms with Crippen LogP contribution >= 0.6 is 11.3 Å². The predicted octanol–water partition coefficient (Wildman–Crippen LogP) is 3.61. The largest absolute Gasteiger partial charge is 0.444 e. The second-order valence-corrected chi connectivity index (χ2v) is 6.45. The molecule has 0 bridgehead atoms. The number of carbonyl (C=O) groups excluding carboxylic acids is 2. The van der Waals surface area contributed by atoms with Crippen molar-refractivity contribution in [2.24, 2.45) is 0 Å². The van der Waals surface area contributed by atoms with Gasteiger partial charge in [-0.05, 0) is 23.6 Å². The lowest BCUT2D eigenvalue weighted by atomic mass is 10.1. The van der Waals surface area contributed by atoms with Gasteiger partial charge in [0, 0.05) is 23.1 Å². The van der Waals surface area contributed by atoms with E-state index in [1.165, 1.54) is 24.7 Å². The molecule has 6 nitrogen and oxygen atoms in total. The zero-order chi connectivity index (χ0) is 17.6. The van der Waals surface area contributed by atoms with Crippen molar-refractivity contribution in [1.29, 1.82) is 0 Å². The second kappa shape index (κ2) is 7.76. The minimum atomic E-state index is -0.338. The second-order valence-electron chi connectivity index (χ2n) is 5.47. The van der Waals surface area contributed by atoms with Crippen molar-refractivity contribution in [2.75, 3.05) is 5.32 Å². The first-order valence-electron chi connectivity index (χ1n) is 7.71. The molecule has 1 aromatic carbocycles. The zero-order valence-electron chi connectivity index (χ0n) is 13.6. The first kappa shape index (κ1) is 16.9. The summed E-state index contributed by atoms with van der Waals surface area (Å²) in [6.07, 6.45) is 3.14. The van der Waals surface area contributed by atoms with Crippen LogP contribution in [0.2, 0.25) is 0 Å². The Hall–Kier alpha value is -2.93. The van der Waals surface area contributed by atoms with E-state index in [0.717, 1.165) is 10.4 Å². The highest BCUT2D eigenvalue weighted by Gasteiger charge is 2.18. The third kappa shape index (κ3) is 4.54.